The number of aromatic amines is 1. The number of aromatic nitrogens is 1. The molecule has 0 saturated carbocycles. The molecule has 2 atom stereocenters. The maximum Gasteiger partial charge on any atom is 0.214 e. The van der Waals surface area contributed by atoms with Gasteiger partial charge in [-0.05, 0) is 17.7 Å². The van der Waals surface area contributed by atoms with Crippen molar-refractivity contribution in [2.45, 2.75) is 12.6 Å². The molecular formula is C16H23N3O3S. The fourth-order valence-electron chi connectivity index (χ4n) is 3.18. The van der Waals surface area contributed by atoms with E-state index in [4.69, 9.17) is 0 Å². The highest BCUT2D eigenvalue weighted by atomic mass is 32.2. The summed E-state index contributed by atoms with van der Waals surface area (Å²) >= 11 is 0. The van der Waals surface area contributed by atoms with Crippen molar-refractivity contribution < 1.29 is 13.5 Å². The van der Waals surface area contributed by atoms with Crippen molar-refractivity contribution in [1.82, 2.24) is 14.2 Å². The molecule has 1 aliphatic rings. The number of rotatable bonds is 5. The van der Waals surface area contributed by atoms with Crippen LogP contribution in [0.3, 0.4) is 0 Å². The van der Waals surface area contributed by atoms with E-state index in [9.17, 15) is 13.5 Å². The van der Waals surface area contributed by atoms with Crippen LogP contribution in [0.15, 0.2) is 30.5 Å². The molecule has 0 unspecified atom stereocenters. The van der Waals surface area contributed by atoms with Gasteiger partial charge in [0.25, 0.3) is 0 Å². The first-order valence-corrected chi connectivity index (χ1v) is 9.33. The normalized spacial score (nSPS) is 23.1. The second-order valence-corrected chi connectivity index (χ2v) is 8.67. The number of hydrogen-bond acceptors (Lipinski definition) is 4. The molecule has 1 aromatic carbocycles. The van der Waals surface area contributed by atoms with E-state index in [2.05, 4.69) is 16.0 Å². The number of aliphatic hydroxyl groups is 1. The Labute approximate surface area is 136 Å². The average molecular weight is 337 g/mol. The number of benzene rings is 1. The van der Waals surface area contributed by atoms with Gasteiger partial charge in [0, 0.05) is 56.7 Å². The molecule has 0 aliphatic carbocycles. The molecule has 23 heavy (non-hydrogen) atoms. The van der Waals surface area contributed by atoms with Crippen LogP contribution in [0.25, 0.3) is 10.9 Å². The first-order chi connectivity index (χ1) is 10.9. The molecule has 2 heterocycles. The lowest BCUT2D eigenvalue weighted by Gasteiger charge is -2.18. The summed E-state index contributed by atoms with van der Waals surface area (Å²) in [6.45, 7) is 1.81. The first-order valence-electron chi connectivity index (χ1n) is 7.72. The molecule has 1 fully saturated rings. The zero-order valence-corrected chi connectivity index (χ0v) is 14.3. The van der Waals surface area contributed by atoms with Crippen LogP contribution in [0, 0.1) is 5.92 Å². The molecule has 6 nitrogen and oxygen atoms in total. The molecule has 126 valence electrons. The summed E-state index contributed by atoms with van der Waals surface area (Å²) in [7, 11) is -0.237. The summed E-state index contributed by atoms with van der Waals surface area (Å²) in [5, 5.41) is 11.4. The van der Waals surface area contributed by atoms with E-state index in [0.29, 0.717) is 19.6 Å². The van der Waals surface area contributed by atoms with Gasteiger partial charge >= 0.3 is 0 Å². The molecule has 1 saturated heterocycles. The van der Waals surface area contributed by atoms with Crippen molar-refractivity contribution in [3.8, 4) is 0 Å². The second-order valence-electron chi connectivity index (χ2n) is 6.44. The third kappa shape index (κ3) is 3.42. The van der Waals surface area contributed by atoms with Gasteiger partial charge < -0.3 is 10.1 Å². The number of hydrogen-bond donors (Lipinski definition) is 2. The number of likely N-dealkylation sites (tertiary alicyclic amines) is 1. The smallest absolute Gasteiger partial charge is 0.214 e. The fourth-order valence-corrected chi connectivity index (χ4v) is 4.35. The van der Waals surface area contributed by atoms with Crippen LogP contribution in [0.4, 0.5) is 0 Å². The summed E-state index contributed by atoms with van der Waals surface area (Å²) in [6.07, 6.45) is 1.31. The van der Waals surface area contributed by atoms with Crippen molar-refractivity contribution in [2.75, 3.05) is 32.9 Å². The van der Waals surface area contributed by atoms with E-state index >= 15 is 0 Å². The minimum Gasteiger partial charge on any atom is -0.391 e. The molecular weight excluding hydrogens is 314 g/mol. The summed E-state index contributed by atoms with van der Waals surface area (Å²) < 4.78 is 25.3. The van der Waals surface area contributed by atoms with Gasteiger partial charge in [-0.3, -0.25) is 4.90 Å². The lowest BCUT2D eigenvalue weighted by Crippen LogP contribution is -2.33. The van der Waals surface area contributed by atoms with Crippen molar-refractivity contribution in [3.05, 3.63) is 36.0 Å². The van der Waals surface area contributed by atoms with Gasteiger partial charge in [-0.25, -0.2) is 12.7 Å². The number of H-pyrrole nitrogens is 1. The predicted molar refractivity (Wildman–Crippen MR) is 90.5 cm³/mol. The number of sulfonamides is 1. The van der Waals surface area contributed by atoms with Crippen molar-refractivity contribution in [1.29, 1.82) is 0 Å². The van der Waals surface area contributed by atoms with Crippen molar-refractivity contribution in [2.24, 2.45) is 5.92 Å². The highest BCUT2D eigenvalue weighted by Gasteiger charge is 2.35. The molecule has 0 radical (unpaired) electrons. The second kappa shape index (κ2) is 6.24. The minimum atomic E-state index is -3.29. The third-order valence-corrected chi connectivity index (χ3v) is 6.50. The Morgan fingerprint density at radius 1 is 1.30 bits per heavy atom. The van der Waals surface area contributed by atoms with E-state index in [1.54, 1.807) is 0 Å². The van der Waals surface area contributed by atoms with Crippen molar-refractivity contribution in [3.63, 3.8) is 0 Å². The maximum atomic E-state index is 12.0. The lowest BCUT2D eigenvalue weighted by atomic mass is 10.1. The molecule has 7 heteroatoms. The quantitative estimate of drug-likeness (QED) is 0.848. The van der Waals surface area contributed by atoms with Gasteiger partial charge in [-0.1, -0.05) is 12.1 Å². The van der Waals surface area contributed by atoms with E-state index < -0.39 is 16.1 Å². The number of β-amino-alcohol motifs (C(OH)–C–C–N with tert-alkyl or cyclic N) is 1. The summed E-state index contributed by atoms with van der Waals surface area (Å²) in [4.78, 5) is 5.32. The minimum absolute atomic E-state index is 0.00791. The Hall–Kier alpha value is -1.41. The van der Waals surface area contributed by atoms with Crippen LogP contribution >= 0.6 is 0 Å². The monoisotopic (exact) mass is 337 g/mol. The number of aliphatic hydroxyl groups excluding tert-OH is 1. The van der Waals surface area contributed by atoms with Gasteiger partial charge in [0.05, 0.1) is 11.9 Å². The standard InChI is InChI=1S/C16H23N3O3S/c1-18(2)23(21,22)11-13-9-19(10-16(13)20)8-12-4-3-5-15-14(12)6-7-17-15/h3-7,13,16-17,20H,8-11H2,1-2H3/t13-,16-/m0/s1. The Morgan fingerprint density at radius 2 is 2.09 bits per heavy atom. The van der Waals surface area contributed by atoms with Crippen LogP contribution in [0.5, 0.6) is 0 Å². The van der Waals surface area contributed by atoms with Crippen LogP contribution < -0.4 is 0 Å². The Bertz CT molecular complexity index is 785. The van der Waals surface area contributed by atoms with Crippen molar-refractivity contribution >= 4 is 20.9 Å². The zero-order chi connectivity index (χ0) is 16.6. The molecule has 2 N–H and O–H groups in total. The molecule has 2 aromatic rings. The Kier molecular flexibility index (Phi) is 4.46. The highest BCUT2D eigenvalue weighted by Crippen LogP contribution is 2.24. The largest absolute Gasteiger partial charge is 0.391 e. The SMILES string of the molecule is CN(C)S(=O)(=O)C[C@@H]1CN(Cc2cccc3[nH]ccc23)C[C@@H]1O. The molecule has 1 aromatic heterocycles. The van der Waals surface area contributed by atoms with Gasteiger partial charge in [-0.2, -0.15) is 0 Å². The Balaban J connectivity index is 1.71. The van der Waals surface area contributed by atoms with E-state index in [0.717, 1.165) is 5.52 Å². The van der Waals surface area contributed by atoms with E-state index in [-0.39, 0.29) is 11.7 Å². The third-order valence-electron chi connectivity index (χ3n) is 4.54. The van der Waals surface area contributed by atoms with Gasteiger partial charge in [0.1, 0.15) is 0 Å². The zero-order valence-electron chi connectivity index (χ0n) is 13.4. The fraction of sp³-hybridized carbons (Fsp3) is 0.500. The number of nitrogens with zero attached hydrogens (tertiary/aromatic N) is 2. The molecule has 3 rings (SSSR count). The molecule has 0 bridgehead atoms. The van der Waals surface area contributed by atoms with Gasteiger partial charge in [0.15, 0.2) is 0 Å². The predicted octanol–water partition coefficient (Wildman–Crippen LogP) is 0.852. The van der Waals surface area contributed by atoms with Crippen LogP contribution in [0.1, 0.15) is 5.56 Å². The van der Waals surface area contributed by atoms with E-state index in [1.165, 1.54) is 29.4 Å². The summed E-state index contributed by atoms with van der Waals surface area (Å²) in [5.41, 5.74) is 2.28. The van der Waals surface area contributed by atoms with Crippen LogP contribution in [0.2, 0.25) is 0 Å². The maximum absolute atomic E-state index is 12.0. The number of fused-ring (bicyclic) bond motifs is 1. The van der Waals surface area contributed by atoms with Crippen LogP contribution in [-0.2, 0) is 16.6 Å². The highest BCUT2D eigenvalue weighted by molar-refractivity contribution is 7.89. The summed E-state index contributed by atoms with van der Waals surface area (Å²) in [6, 6.07) is 8.16. The van der Waals surface area contributed by atoms with Crippen LogP contribution in [-0.4, -0.2) is 66.8 Å². The Morgan fingerprint density at radius 3 is 2.83 bits per heavy atom. The van der Waals surface area contributed by atoms with E-state index in [1.807, 2.05) is 24.4 Å². The summed E-state index contributed by atoms with van der Waals surface area (Å²) in [5.74, 6) is -0.251. The lowest BCUT2D eigenvalue weighted by molar-refractivity contribution is 0.148. The topological polar surface area (TPSA) is 76.6 Å². The van der Waals surface area contributed by atoms with Gasteiger partial charge in [-0.15, -0.1) is 0 Å². The molecule has 1 aliphatic heterocycles. The van der Waals surface area contributed by atoms with Gasteiger partial charge in [0.2, 0.25) is 10.0 Å². The molecule has 0 spiro atoms. The molecule has 0 amide bonds. The average Bonchev–Trinajstić information content (AvgIpc) is 3.06. The first kappa shape index (κ1) is 16.4. The number of nitrogens with one attached hydrogen (secondary N) is 1.